The molecule has 2 atom stereocenters. The lowest BCUT2D eigenvalue weighted by Crippen LogP contribution is -2.49. The van der Waals surface area contributed by atoms with Crippen molar-refractivity contribution in [2.24, 2.45) is 0 Å². The number of hydrogen-bond donors (Lipinski definition) is 2. The van der Waals surface area contributed by atoms with Crippen LogP contribution in [0.15, 0.2) is 36.4 Å². The highest BCUT2D eigenvalue weighted by Gasteiger charge is 2.21. The van der Waals surface area contributed by atoms with Gasteiger partial charge < -0.3 is 9.47 Å². The number of carbonyl (C=O) groups is 2. The topological polar surface area (TPSA) is 76.7 Å². The molecule has 0 saturated carbocycles. The number of halogens is 1. The number of nitrogens with one attached hydrogen (secondary N) is 2. The quantitative estimate of drug-likeness (QED) is 0.539. The zero-order chi connectivity index (χ0) is 23.0. The van der Waals surface area contributed by atoms with Crippen molar-refractivity contribution < 1.29 is 19.1 Å². The van der Waals surface area contributed by atoms with Gasteiger partial charge in [0.15, 0.2) is 12.7 Å². The average molecular weight is 447 g/mol. The van der Waals surface area contributed by atoms with E-state index in [1.54, 1.807) is 12.1 Å². The fourth-order valence-corrected chi connectivity index (χ4v) is 3.19. The van der Waals surface area contributed by atoms with Gasteiger partial charge in [0.2, 0.25) is 0 Å². The molecule has 0 aliphatic heterocycles. The van der Waals surface area contributed by atoms with Gasteiger partial charge >= 0.3 is 0 Å². The van der Waals surface area contributed by atoms with Crippen LogP contribution < -0.4 is 20.3 Å². The van der Waals surface area contributed by atoms with Crippen LogP contribution >= 0.6 is 11.6 Å². The first kappa shape index (κ1) is 24.5. The van der Waals surface area contributed by atoms with Crippen molar-refractivity contribution in [3.8, 4) is 11.5 Å². The highest BCUT2D eigenvalue weighted by Crippen LogP contribution is 2.29. The first-order chi connectivity index (χ1) is 14.8. The Bertz CT molecular complexity index is 893. The zero-order valence-electron chi connectivity index (χ0n) is 18.8. The number of ether oxygens (including phenoxy) is 2. The third kappa shape index (κ3) is 6.89. The molecule has 7 heteroatoms. The van der Waals surface area contributed by atoms with E-state index in [4.69, 9.17) is 21.1 Å². The van der Waals surface area contributed by atoms with Gasteiger partial charge in [0.25, 0.3) is 11.8 Å². The fraction of sp³-hybridized carbons (Fsp3) is 0.417. The zero-order valence-corrected chi connectivity index (χ0v) is 19.5. The number of hydrazine groups is 1. The van der Waals surface area contributed by atoms with Crippen LogP contribution in [0.4, 0.5) is 0 Å². The van der Waals surface area contributed by atoms with Crippen LogP contribution in [0.3, 0.4) is 0 Å². The van der Waals surface area contributed by atoms with E-state index in [2.05, 4.69) is 24.7 Å². The van der Waals surface area contributed by atoms with Crippen LogP contribution in [-0.2, 0) is 9.59 Å². The summed E-state index contributed by atoms with van der Waals surface area (Å²) in [5.41, 5.74) is 7.58. The standard InChI is InChI=1S/C24H31ClN2O4/c1-6-15(3)19-10-8-9-11-21(19)31-20(7-2)24(29)27-26-22(28)14-30-18-12-16(4)23(25)17(5)13-18/h8-13,15,20H,6-7,14H2,1-5H3,(H,26,28)(H,27,29). The molecule has 0 fully saturated rings. The van der Waals surface area contributed by atoms with E-state index in [9.17, 15) is 9.59 Å². The lowest BCUT2D eigenvalue weighted by atomic mass is 9.98. The van der Waals surface area contributed by atoms with Gasteiger partial charge in [-0.3, -0.25) is 20.4 Å². The number of benzene rings is 2. The van der Waals surface area contributed by atoms with E-state index in [-0.39, 0.29) is 6.61 Å². The molecule has 0 aromatic heterocycles. The van der Waals surface area contributed by atoms with Crippen LogP contribution in [0, 0.1) is 13.8 Å². The lowest BCUT2D eigenvalue weighted by molar-refractivity contribution is -0.134. The molecule has 2 aromatic rings. The average Bonchev–Trinajstić information content (AvgIpc) is 2.77. The summed E-state index contributed by atoms with van der Waals surface area (Å²) < 4.78 is 11.5. The Hall–Kier alpha value is -2.73. The summed E-state index contributed by atoms with van der Waals surface area (Å²) in [6.45, 7) is 9.57. The normalized spacial score (nSPS) is 12.6. The van der Waals surface area contributed by atoms with E-state index in [1.807, 2.05) is 45.0 Å². The highest BCUT2D eigenvalue weighted by molar-refractivity contribution is 6.32. The van der Waals surface area contributed by atoms with E-state index in [0.29, 0.717) is 28.9 Å². The summed E-state index contributed by atoms with van der Waals surface area (Å²) in [6, 6.07) is 11.2. The highest BCUT2D eigenvalue weighted by atomic mass is 35.5. The van der Waals surface area contributed by atoms with Crippen LogP contribution in [0.2, 0.25) is 5.02 Å². The maximum absolute atomic E-state index is 12.5. The number of rotatable bonds is 9. The number of hydrogen-bond acceptors (Lipinski definition) is 4. The van der Waals surface area contributed by atoms with Crippen molar-refractivity contribution in [3.63, 3.8) is 0 Å². The Labute approximate surface area is 189 Å². The molecule has 0 saturated heterocycles. The van der Waals surface area contributed by atoms with E-state index in [1.165, 1.54) is 0 Å². The lowest BCUT2D eigenvalue weighted by Gasteiger charge is -2.21. The second kappa shape index (κ2) is 11.6. The number of carbonyl (C=O) groups excluding carboxylic acids is 2. The number of para-hydroxylation sites is 1. The monoisotopic (exact) mass is 446 g/mol. The minimum Gasteiger partial charge on any atom is -0.484 e. The predicted octanol–water partition coefficient (Wildman–Crippen LogP) is 4.85. The molecule has 2 N–H and O–H groups in total. The van der Waals surface area contributed by atoms with Crippen LogP contribution in [0.25, 0.3) is 0 Å². The molecular weight excluding hydrogens is 416 g/mol. The molecule has 0 radical (unpaired) electrons. The van der Waals surface area contributed by atoms with E-state index < -0.39 is 17.9 Å². The third-order valence-corrected chi connectivity index (χ3v) is 5.70. The first-order valence-corrected chi connectivity index (χ1v) is 10.9. The minimum absolute atomic E-state index is 0.241. The van der Waals surface area contributed by atoms with Crippen LogP contribution in [-0.4, -0.2) is 24.5 Å². The Balaban J connectivity index is 1.90. The first-order valence-electron chi connectivity index (χ1n) is 10.5. The molecule has 31 heavy (non-hydrogen) atoms. The molecule has 0 heterocycles. The Kier molecular flexibility index (Phi) is 9.19. The molecule has 0 aliphatic carbocycles. The summed E-state index contributed by atoms with van der Waals surface area (Å²) in [7, 11) is 0. The molecule has 0 aliphatic rings. The van der Waals surface area contributed by atoms with Gasteiger partial charge in [0.05, 0.1) is 0 Å². The van der Waals surface area contributed by atoms with E-state index >= 15 is 0 Å². The molecular formula is C24H31ClN2O4. The molecule has 2 amide bonds. The molecule has 2 unspecified atom stereocenters. The third-order valence-electron chi connectivity index (χ3n) is 5.10. The van der Waals surface area contributed by atoms with Gasteiger partial charge in [0, 0.05) is 5.02 Å². The number of aryl methyl sites for hydroxylation is 2. The van der Waals surface area contributed by atoms with Gasteiger partial charge in [-0.2, -0.15) is 0 Å². The van der Waals surface area contributed by atoms with Gasteiger partial charge in [-0.05, 0) is 67.5 Å². The summed E-state index contributed by atoms with van der Waals surface area (Å²) in [4.78, 5) is 24.6. The Morgan fingerprint density at radius 1 is 1.03 bits per heavy atom. The maximum Gasteiger partial charge on any atom is 0.279 e. The second-order valence-corrected chi connectivity index (χ2v) is 7.94. The number of amides is 2. The van der Waals surface area contributed by atoms with Crippen molar-refractivity contribution in [2.45, 2.75) is 59.5 Å². The summed E-state index contributed by atoms with van der Waals surface area (Å²) >= 11 is 6.14. The van der Waals surface area contributed by atoms with Gasteiger partial charge in [0.1, 0.15) is 11.5 Å². The molecule has 6 nitrogen and oxygen atoms in total. The summed E-state index contributed by atoms with van der Waals surface area (Å²) in [5, 5.41) is 0.671. The van der Waals surface area contributed by atoms with E-state index in [0.717, 1.165) is 23.1 Å². The molecule has 2 aromatic carbocycles. The Morgan fingerprint density at radius 2 is 1.68 bits per heavy atom. The van der Waals surface area contributed by atoms with Crippen molar-refractivity contribution in [2.75, 3.05) is 6.61 Å². The van der Waals surface area contributed by atoms with Gasteiger partial charge in [-0.1, -0.05) is 50.6 Å². The fourth-order valence-electron chi connectivity index (χ4n) is 3.08. The van der Waals surface area contributed by atoms with Crippen molar-refractivity contribution in [1.29, 1.82) is 0 Å². The van der Waals surface area contributed by atoms with Crippen molar-refractivity contribution >= 4 is 23.4 Å². The summed E-state index contributed by atoms with van der Waals surface area (Å²) in [5.74, 6) is 0.634. The largest absolute Gasteiger partial charge is 0.484 e. The molecule has 2 rings (SSSR count). The Morgan fingerprint density at radius 3 is 2.29 bits per heavy atom. The van der Waals surface area contributed by atoms with Crippen molar-refractivity contribution in [3.05, 3.63) is 58.1 Å². The van der Waals surface area contributed by atoms with Crippen molar-refractivity contribution in [1.82, 2.24) is 10.9 Å². The van der Waals surface area contributed by atoms with Crippen LogP contribution in [0.5, 0.6) is 11.5 Å². The minimum atomic E-state index is -0.729. The smallest absolute Gasteiger partial charge is 0.279 e. The summed E-state index contributed by atoms with van der Waals surface area (Å²) in [6.07, 6.45) is 0.690. The van der Waals surface area contributed by atoms with Crippen LogP contribution in [0.1, 0.15) is 56.2 Å². The van der Waals surface area contributed by atoms with Gasteiger partial charge in [-0.25, -0.2) is 0 Å². The second-order valence-electron chi connectivity index (χ2n) is 7.56. The molecule has 0 bridgehead atoms. The van der Waals surface area contributed by atoms with Gasteiger partial charge in [-0.15, -0.1) is 0 Å². The SMILES string of the molecule is CCC(Oc1ccccc1C(C)CC)C(=O)NNC(=O)COc1cc(C)c(Cl)c(C)c1. The predicted molar refractivity (Wildman–Crippen MR) is 123 cm³/mol. The molecule has 0 spiro atoms. The maximum atomic E-state index is 12.5. The molecule has 168 valence electrons.